The van der Waals surface area contributed by atoms with Gasteiger partial charge in [0, 0.05) is 37.1 Å². The Kier molecular flexibility index (Phi) is 5.09. The molecule has 2 unspecified atom stereocenters. The van der Waals surface area contributed by atoms with Crippen molar-refractivity contribution in [2.75, 3.05) is 19.6 Å². The van der Waals surface area contributed by atoms with E-state index in [0.717, 1.165) is 37.0 Å². The zero-order valence-corrected chi connectivity index (χ0v) is 16.5. The minimum absolute atomic E-state index is 0.452. The summed E-state index contributed by atoms with van der Waals surface area (Å²) in [4.78, 5) is 7.26. The Morgan fingerprint density at radius 2 is 2.19 bits per heavy atom. The molecule has 0 amide bonds. The highest BCUT2D eigenvalue weighted by atomic mass is 35.5. The molecule has 2 atom stereocenters. The van der Waals surface area contributed by atoms with Crippen molar-refractivity contribution in [1.29, 1.82) is 0 Å². The first-order chi connectivity index (χ1) is 12.6. The summed E-state index contributed by atoms with van der Waals surface area (Å²) in [5.41, 5.74) is 1.85. The number of nitrogens with one attached hydrogen (secondary N) is 1. The van der Waals surface area contributed by atoms with Crippen molar-refractivity contribution in [3.63, 3.8) is 0 Å². The first-order valence-electron chi connectivity index (χ1n) is 9.74. The molecule has 1 aromatic heterocycles. The summed E-state index contributed by atoms with van der Waals surface area (Å²) in [7, 11) is 2.09. The molecule has 1 saturated carbocycles. The third-order valence-electron chi connectivity index (χ3n) is 6.38. The van der Waals surface area contributed by atoms with Crippen LogP contribution in [0.1, 0.15) is 43.5 Å². The highest BCUT2D eigenvalue weighted by Crippen LogP contribution is 2.56. The van der Waals surface area contributed by atoms with E-state index in [2.05, 4.69) is 51.9 Å². The minimum Gasteiger partial charge on any atom is -0.337 e. The van der Waals surface area contributed by atoms with Crippen LogP contribution < -0.4 is 5.32 Å². The first kappa shape index (κ1) is 18.0. The molecule has 2 aromatic rings. The number of aromatic nitrogens is 2. The molecule has 1 aromatic carbocycles. The van der Waals surface area contributed by atoms with Gasteiger partial charge in [-0.05, 0) is 61.4 Å². The molecule has 1 N–H and O–H groups in total. The van der Waals surface area contributed by atoms with E-state index in [1.807, 2.05) is 18.5 Å². The molecule has 2 heterocycles. The molecule has 1 aliphatic heterocycles. The summed E-state index contributed by atoms with van der Waals surface area (Å²) in [5.74, 6) is 1.60. The van der Waals surface area contributed by atoms with Gasteiger partial charge in [0.2, 0.25) is 0 Å². The molecule has 2 aliphatic rings. The number of imidazole rings is 1. The summed E-state index contributed by atoms with van der Waals surface area (Å²) in [6.07, 6.45) is 7.89. The van der Waals surface area contributed by atoms with Gasteiger partial charge in [0.1, 0.15) is 5.82 Å². The Bertz CT molecular complexity index is 750. The van der Waals surface area contributed by atoms with E-state index in [1.54, 1.807) is 0 Å². The topological polar surface area (TPSA) is 33.1 Å². The number of rotatable bonds is 6. The molecule has 4 rings (SSSR count). The van der Waals surface area contributed by atoms with E-state index >= 15 is 0 Å². The lowest BCUT2D eigenvalue weighted by Gasteiger charge is -2.31. The standard InChI is InChI=1S/C21H29ClN4/c1-16(17-4-3-5-18(22)12-17)14-26(15-20-24-10-11-25(20)2)19-13-21(19)6-8-23-9-7-21/h3-5,10-12,16,19,23H,6-9,13-15H2,1-2H3. The lowest BCUT2D eigenvalue weighted by Crippen LogP contribution is -2.38. The van der Waals surface area contributed by atoms with Crippen LogP contribution in [0.25, 0.3) is 0 Å². The highest BCUT2D eigenvalue weighted by molar-refractivity contribution is 6.30. The van der Waals surface area contributed by atoms with Crippen LogP contribution in [0.15, 0.2) is 36.7 Å². The van der Waals surface area contributed by atoms with Gasteiger partial charge in [0.15, 0.2) is 0 Å². The van der Waals surface area contributed by atoms with Crippen molar-refractivity contribution >= 4 is 11.6 Å². The van der Waals surface area contributed by atoms with Gasteiger partial charge in [-0.1, -0.05) is 30.7 Å². The van der Waals surface area contributed by atoms with Crippen molar-refractivity contribution in [3.8, 4) is 0 Å². The second-order valence-electron chi connectivity index (χ2n) is 8.17. The maximum Gasteiger partial charge on any atom is 0.122 e. The van der Waals surface area contributed by atoms with E-state index in [-0.39, 0.29) is 0 Å². The van der Waals surface area contributed by atoms with E-state index in [4.69, 9.17) is 11.6 Å². The molecule has 1 spiro atoms. The highest BCUT2D eigenvalue weighted by Gasteiger charge is 2.56. The average molecular weight is 373 g/mol. The van der Waals surface area contributed by atoms with Crippen LogP contribution in [0.5, 0.6) is 0 Å². The van der Waals surface area contributed by atoms with Crippen LogP contribution in [-0.2, 0) is 13.6 Å². The predicted molar refractivity (Wildman–Crippen MR) is 106 cm³/mol. The monoisotopic (exact) mass is 372 g/mol. The number of piperidine rings is 1. The van der Waals surface area contributed by atoms with Gasteiger partial charge in [0.25, 0.3) is 0 Å². The number of halogens is 1. The first-order valence-corrected chi connectivity index (χ1v) is 10.1. The molecule has 140 valence electrons. The largest absolute Gasteiger partial charge is 0.337 e. The molecule has 5 heteroatoms. The molecule has 0 bridgehead atoms. The van der Waals surface area contributed by atoms with Crippen molar-refractivity contribution in [3.05, 3.63) is 53.1 Å². The average Bonchev–Trinajstić information content (AvgIpc) is 3.16. The number of hydrogen-bond donors (Lipinski definition) is 1. The van der Waals surface area contributed by atoms with Gasteiger partial charge in [-0.15, -0.1) is 0 Å². The summed E-state index contributed by atoms with van der Waals surface area (Å²) in [6.45, 7) is 6.61. The Morgan fingerprint density at radius 3 is 2.88 bits per heavy atom. The van der Waals surface area contributed by atoms with Gasteiger partial charge in [0.05, 0.1) is 6.54 Å². The lowest BCUT2D eigenvalue weighted by molar-refractivity contribution is 0.182. The van der Waals surface area contributed by atoms with Crippen molar-refractivity contribution in [2.24, 2.45) is 12.5 Å². The molecular weight excluding hydrogens is 344 g/mol. The van der Waals surface area contributed by atoms with Crippen molar-refractivity contribution < 1.29 is 0 Å². The fraction of sp³-hybridized carbons (Fsp3) is 0.571. The van der Waals surface area contributed by atoms with E-state index < -0.39 is 0 Å². The Balaban J connectivity index is 1.52. The number of nitrogens with zero attached hydrogens (tertiary/aromatic N) is 3. The molecule has 4 nitrogen and oxygen atoms in total. The van der Waals surface area contributed by atoms with Gasteiger partial charge in [-0.25, -0.2) is 4.98 Å². The quantitative estimate of drug-likeness (QED) is 0.836. The van der Waals surface area contributed by atoms with Gasteiger partial charge < -0.3 is 9.88 Å². The molecule has 1 aliphatic carbocycles. The second kappa shape index (κ2) is 7.34. The smallest absolute Gasteiger partial charge is 0.122 e. The summed E-state index contributed by atoms with van der Waals surface area (Å²) in [6, 6.07) is 9.00. The molecule has 2 fully saturated rings. The van der Waals surface area contributed by atoms with Crippen molar-refractivity contribution in [2.45, 2.75) is 44.7 Å². The maximum atomic E-state index is 6.22. The second-order valence-corrected chi connectivity index (χ2v) is 8.61. The molecular formula is C21H29ClN4. The van der Waals surface area contributed by atoms with Gasteiger partial charge in [-0.3, -0.25) is 4.90 Å². The normalized spacial score (nSPS) is 22.7. The molecule has 26 heavy (non-hydrogen) atoms. The zero-order chi connectivity index (χ0) is 18.1. The predicted octanol–water partition coefficient (Wildman–Crippen LogP) is 3.82. The van der Waals surface area contributed by atoms with Crippen LogP contribution in [-0.4, -0.2) is 40.1 Å². The van der Waals surface area contributed by atoms with E-state index in [1.165, 1.54) is 24.8 Å². The lowest BCUT2D eigenvalue weighted by atomic mass is 9.93. The van der Waals surface area contributed by atoms with Gasteiger partial charge in [-0.2, -0.15) is 0 Å². The zero-order valence-electron chi connectivity index (χ0n) is 15.8. The van der Waals surface area contributed by atoms with Crippen molar-refractivity contribution in [1.82, 2.24) is 19.8 Å². The Morgan fingerprint density at radius 1 is 1.38 bits per heavy atom. The summed E-state index contributed by atoms with van der Waals surface area (Å²) >= 11 is 6.22. The maximum absolute atomic E-state index is 6.22. The summed E-state index contributed by atoms with van der Waals surface area (Å²) < 4.78 is 2.15. The number of hydrogen-bond acceptors (Lipinski definition) is 3. The minimum atomic E-state index is 0.452. The Hall–Kier alpha value is -1.36. The SMILES string of the molecule is CC(CN(Cc1nccn1C)C1CC12CCNCC2)c1cccc(Cl)c1. The molecule has 0 radical (unpaired) electrons. The fourth-order valence-corrected chi connectivity index (χ4v) is 4.81. The fourth-order valence-electron chi connectivity index (χ4n) is 4.61. The Labute approximate surface area is 161 Å². The van der Waals surface area contributed by atoms with Gasteiger partial charge >= 0.3 is 0 Å². The summed E-state index contributed by atoms with van der Waals surface area (Å²) in [5, 5.41) is 4.34. The van der Waals surface area contributed by atoms with Crippen LogP contribution >= 0.6 is 11.6 Å². The van der Waals surface area contributed by atoms with Crippen LogP contribution in [0.4, 0.5) is 0 Å². The van der Waals surface area contributed by atoms with Crippen LogP contribution in [0.3, 0.4) is 0 Å². The third kappa shape index (κ3) is 3.68. The van der Waals surface area contributed by atoms with Crippen LogP contribution in [0, 0.1) is 5.41 Å². The number of benzene rings is 1. The molecule has 1 saturated heterocycles. The third-order valence-corrected chi connectivity index (χ3v) is 6.61. The van der Waals surface area contributed by atoms with Crippen LogP contribution in [0.2, 0.25) is 5.02 Å². The number of aryl methyl sites for hydroxylation is 1. The van der Waals surface area contributed by atoms with E-state index in [0.29, 0.717) is 17.4 Å². The van der Waals surface area contributed by atoms with E-state index in [9.17, 15) is 0 Å².